The third-order valence-corrected chi connectivity index (χ3v) is 5.35. The summed E-state index contributed by atoms with van der Waals surface area (Å²) in [5, 5.41) is 13.8. The first-order chi connectivity index (χ1) is 14.9. The van der Waals surface area contributed by atoms with Crippen LogP contribution in [0.5, 0.6) is 5.75 Å². The van der Waals surface area contributed by atoms with Crippen molar-refractivity contribution in [1.82, 2.24) is 5.32 Å². The standard InChI is InChI=1S/C29H43NO2/c1-21(2)18-30-19-24(31)20-32-27-25(28(3,4)5)16-23(17-26(27)29(6,7)8)15-14-22-12-10-9-11-13-22/h9-17,21,24,30-31H,18-20H2,1-8H3/b15-14+. The van der Waals surface area contributed by atoms with Crippen molar-refractivity contribution in [2.75, 3.05) is 19.7 Å². The lowest BCUT2D eigenvalue weighted by Crippen LogP contribution is -2.34. The van der Waals surface area contributed by atoms with Gasteiger partial charge in [-0.15, -0.1) is 0 Å². The summed E-state index contributed by atoms with van der Waals surface area (Å²) in [7, 11) is 0. The fraction of sp³-hybridized carbons (Fsp3) is 0.517. The van der Waals surface area contributed by atoms with Crippen LogP contribution in [-0.4, -0.2) is 30.9 Å². The molecule has 0 radical (unpaired) electrons. The second-order valence-corrected chi connectivity index (χ2v) is 11.2. The van der Waals surface area contributed by atoms with Gasteiger partial charge in [0, 0.05) is 17.7 Å². The quantitative estimate of drug-likeness (QED) is 0.444. The van der Waals surface area contributed by atoms with Crippen molar-refractivity contribution in [2.24, 2.45) is 5.92 Å². The number of ether oxygens (including phenoxy) is 1. The zero-order valence-electron chi connectivity index (χ0n) is 21.3. The minimum Gasteiger partial charge on any atom is -0.490 e. The molecule has 0 saturated heterocycles. The third kappa shape index (κ3) is 8.11. The van der Waals surface area contributed by atoms with Crippen molar-refractivity contribution in [3.63, 3.8) is 0 Å². The lowest BCUT2D eigenvalue weighted by Gasteiger charge is -2.31. The molecule has 2 aromatic carbocycles. The third-order valence-electron chi connectivity index (χ3n) is 5.35. The maximum absolute atomic E-state index is 10.5. The molecule has 0 saturated carbocycles. The Morgan fingerprint density at radius 2 is 1.38 bits per heavy atom. The highest BCUT2D eigenvalue weighted by atomic mass is 16.5. The van der Waals surface area contributed by atoms with Crippen LogP contribution >= 0.6 is 0 Å². The molecule has 0 fully saturated rings. The molecule has 0 aliphatic heterocycles. The number of hydrogen-bond donors (Lipinski definition) is 2. The normalized spacial score (nSPS) is 13.7. The Hall–Kier alpha value is -2.10. The van der Waals surface area contributed by atoms with Gasteiger partial charge >= 0.3 is 0 Å². The lowest BCUT2D eigenvalue weighted by molar-refractivity contribution is 0.103. The maximum Gasteiger partial charge on any atom is 0.126 e. The van der Waals surface area contributed by atoms with Gasteiger partial charge in [-0.05, 0) is 46.6 Å². The summed E-state index contributed by atoms with van der Waals surface area (Å²) in [5.41, 5.74) is 4.49. The second-order valence-electron chi connectivity index (χ2n) is 11.2. The maximum atomic E-state index is 10.5. The summed E-state index contributed by atoms with van der Waals surface area (Å²) in [6, 6.07) is 14.8. The molecule has 2 rings (SSSR count). The van der Waals surface area contributed by atoms with Crippen molar-refractivity contribution in [3.05, 3.63) is 64.7 Å². The number of aliphatic hydroxyl groups is 1. The van der Waals surface area contributed by atoms with E-state index < -0.39 is 6.10 Å². The highest BCUT2D eigenvalue weighted by Crippen LogP contribution is 2.41. The van der Waals surface area contributed by atoms with Crippen molar-refractivity contribution < 1.29 is 9.84 Å². The zero-order chi connectivity index (χ0) is 23.9. The summed E-state index contributed by atoms with van der Waals surface area (Å²) in [5.74, 6) is 1.46. The highest BCUT2D eigenvalue weighted by Gasteiger charge is 2.28. The Morgan fingerprint density at radius 3 is 1.88 bits per heavy atom. The van der Waals surface area contributed by atoms with E-state index >= 15 is 0 Å². The van der Waals surface area contributed by atoms with Gasteiger partial charge in [-0.25, -0.2) is 0 Å². The monoisotopic (exact) mass is 437 g/mol. The molecular formula is C29H43NO2. The van der Waals surface area contributed by atoms with Gasteiger partial charge in [0.05, 0.1) is 0 Å². The summed E-state index contributed by atoms with van der Waals surface area (Å²) >= 11 is 0. The van der Waals surface area contributed by atoms with E-state index in [1.54, 1.807) is 0 Å². The molecule has 32 heavy (non-hydrogen) atoms. The largest absolute Gasteiger partial charge is 0.490 e. The fourth-order valence-corrected chi connectivity index (χ4v) is 3.55. The fourth-order valence-electron chi connectivity index (χ4n) is 3.55. The first-order valence-corrected chi connectivity index (χ1v) is 11.8. The van der Waals surface area contributed by atoms with Gasteiger partial charge in [0.15, 0.2) is 0 Å². The average molecular weight is 438 g/mol. The van der Waals surface area contributed by atoms with Crippen LogP contribution in [0.3, 0.4) is 0 Å². The predicted molar refractivity (Wildman–Crippen MR) is 138 cm³/mol. The van der Waals surface area contributed by atoms with Crippen LogP contribution < -0.4 is 10.1 Å². The smallest absolute Gasteiger partial charge is 0.126 e. The number of benzene rings is 2. The SMILES string of the molecule is CC(C)CNCC(O)COc1c(C(C)(C)C)cc(/C=C/c2ccccc2)cc1C(C)(C)C. The average Bonchev–Trinajstić information content (AvgIpc) is 2.69. The van der Waals surface area contributed by atoms with E-state index in [4.69, 9.17) is 4.74 Å². The number of aliphatic hydroxyl groups excluding tert-OH is 1. The Labute approximate surface area is 195 Å². The summed E-state index contributed by atoms with van der Waals surface area (Å²) in [6.45, 7) is 19.3. The molecule has 0 aliphatic carbocycles. The molecule has 0 aliphatic rings. The van der Waals surface area contributed by atoms with Crippen LogP contribution in [0.15, 0.2) is 42.5 Å². The molecule has 3 heteroatoms. The molecule has 2 N–H and O–H groups in total. The highest BCUT2D eigenvalue weighted by molar-refractivity contribution is 5.71. The Morgan fingerprint density at radius 1 is 0.844 bits per heavy atom. The Kier molecular flexibility index (Phi) is 9.12. The van der Waals surface area contributed by atoms with E-state index in [0.717, 1.165) is 17.9 Å². The molecular weight excluding hydrogens is 394 g/mol. The lowest BCUT2D eigenvalue weighted by atomic mass is 9.78. The van der Waals surface area contributed by atoms with Gasteiger partial charge in [0.1, 0.15) is 18.5 Å². The van der Waals surface area contributed by atoms with Crippen LogP contribution in [0.2, 0.25) is 0 Å². The second kappa shape index (κ2) is 11.2. The van der Waals surface area contributed by atoms with Crippen molar-refractivity contribution in [3.8, 4) is 5.75 Å². The molecule has 176 valence electrons. The minimum atomic E-state index is -0.549. The minimum absolute atomic E-state index is 0.0905. The molecule has 0 bridgehead atoms. The zero-order valence-corrected chi connectivity index (χ0v) is 21.3. The molecule has 1 unspecified atom stereocenters. The van der Waals surface area contributed by atoms with Gasteiger partial charge in [-0.1, -0.05) is 97.9 Å². The van der Waals surface area contributed by atoms with E-state index in [9.17, 15) is 5.11 Å². The van der Waals surface area contributed by atoms with E-state index in [0.29, 0.717) is 12.5 Å². The van der Waals surface area contributed by atoms with E-state index in [1.165, 1.54) is 16.7 Å². The number of nitrogens with one attached hydrogen (secondary N) is 1. The predicted octanol–water partition coefficient (Wildman–Crippen LogP) is 6.44. The molecule has 0 aromatic heterocycles. The summed E-state index contributed by atoms with van der Waals surface area (Å²) in [6.07, 6.45) is 3.78. The Bertz CT molecular complexity index is 835. The Balaban J connectivity index is 2.37. The number of hydrogen-bond acceptors (Lipinski definition) is 3. The first kappa shape index (κ1) is 26.2. The summed E-state index contributed by atoms with van der Waals surface area (Å²) < 4.78 is 6.34. The molecule has 0 heterocycles. The van der Waals surface area contributed by atoms with Gasteiger partial charge in [0.25, 0.3) is 0 Å². The van der Waals surface area contributed by atoms with Crippen LogP contribution in [0.25, 0.3) is 12.2 Å². The van der Waals surface area contributed by atoms with Crippen LogP contribution in [-0.2, 0) is 10.8 Å². The van der Waals surface area contributed by atoms with E-state index in [-0.39, 0.29) is 17.4 Å². The van der Waals surface area contributed by atoms with Gasteiger partial charge in [-0.3, -0.25) is 0 Å². The molecule has 0 spiro atoms. The van der Waals surface area contributed by atoms with Gasteiger partial charge in [0.2, 0.25) is 0 Å². The van der Waals surface area contributed by atoms with Crippen LogP contribution in [0.1, 0.15) is 77.6 Å². The van der Waals surface area contributed by atoms with Crippen LogP contribution in [0.4, 0.5) is 0 Å². The topological polar surface area (TPSA) is 41.5 Å². The summed E-state index contributed by atoms with van der Waals surface area (Å²) in [4.78, 5) is 0. The molecule has 1 atom stereocenters. The first-order valence-electron chi connectivity index (χ1n) is 11.8. The van der Waals surface area contributed by atoms with E-state index in [1.807, 2.05) is 6.07 Å². The van der Waals surface area contributed by atoms with Crippen molar-refractivity contribution in [1.29, 1.82) is 0 Å². The molecule has 2 aromatic rings. The van der Waals surface area contributed by atoms with Gasteiger partial charge in [-0.2, -0.15) is 0 Å². The molecule has 3 nitrogen and oxygen atoms in total. The van der Waals surface area contributed by atoms with Crippen LogP contribution in [0, 0.1) is 5.92 Å². The van der Waals surface area contributed by atoms with Gasteiger partial charge < -0.3 is 15.2 Å². The molecule has 0 amide bonds. The van der Waals surface area contributed by atoms with Crippen molar-refractivity contribution >= 4 is 12.2 Å². The van der Waals surface area contributed by atoms with Crippen molar-refractivity contribution in [2.45, 2.75) is 72.3 Å². The number of rotatable bonds is 9. The van der Waals surface area contributed by atoms with E-state index in [2.05, 4.69) is 109 Å².